The smallest absolute Gasteiger partial charge is 0.327 e. The number of urea groups is 1. The molecule has 56 heavy (non-hydrogen) atoms. The Morgan fingerprint density at radius 2 is 1.05 bits per heavy atom. The van der Waals surface area contributed by atoms with Gasteiger partial charge in [-0.15, -0.1) is 11.8 Å². The van der Waals surface area contributed by atoms with Gasteiger partial charge < -0.3 is 46.6 Å². The van der Waals surface area contributed by atoms with E-state index >= 15 is 0 Å². The molecule has 24 nitrogen and oxygen atoms in total. The predicted molar refractivity (Wildman–Crippen MR) is 191 cm³/mol. The summed E-state index contributed by atoms with van der Waals surface area (Å²) in [4.78, 5) is 127. The second kappa shape index (κ2) is 23.7. The first-order valence-electron chi connectivity index (χ1n) is 17.4. The molecule has 5 amide bonds. The van der Waals surface area contributed by atoms with E-state index in [1.165, 1.54) is 0 Å². The zero-order valence-electron chi connectivity index (χ0n) is 30.4. The molecule has 0 saturated carbocycles. The summed E-state index contributed by atoms with van der Waals surface area (Å²) < 4.78 is 0. The number of carboxylic acid groups (broad SMARTS) is 6. The molecule has 0 aromatic rings. The molecular weight excluding hydrogens is 772 g/mol. The minimum atomic E-state index is -1.62. The van der Waals surface area contributed by atoms with Crippen molar-refractivity contribution >= 4 is 71.3 Å². The normalized spacial score (nSPS) is 19.2. The molecule has 314 valence electrons. The first-order valence-corrected chi connectivity index (χ1v) is 18.4. The molecule has 0 bridgehead atoms. The maximum absolute atomic E-state index is 13.0. The van der Waals surface area contributed by atoms with Crippen LogP contribution in [0, 0.1) is 0 Å². The van der Waals surface area contributed by atoms with E-state index in [4.69, 9.17) is 5.11 Å². The van der Waals surface area contributed by atoms with Gasteiger partial charge in [-0.3, -0.25) is 58.1 Å². The fourth-order valence-corrected chi connectivity index (χ4v) is 6.82. The molecule has 2 heterocycles. The standard InChI is InChI=1S/C31H48N8O16S/c40-22(14-35-5-7-36(15-25(44)45)9-11-38(17-27(48)49)12-10-37(8-6-35)16-26(46)47)32-3-4-39-23(41)13-21(28(39)50)56-18-20(30(53)54)34-31(55)33-19(29(51)52)1-2-24(42)43/h19-21H,1-18H2,(H,32,40)(H,42,43)(H,44,45)(H,46,47)(H,48,49)(H,51,52)(H,53,54)(H2,33,34,55)/t19-,20-,21?/m0/s1. The Morgan fingerprint density at radius 1 is 0.625 bits per heavy atom. The van der Waals surface area contributed by atoms with Crippen molar-refractivity contribution in [3.8, 4) is 0 Å². The van der Waals surface area contributed by atoms with Crippen molar-refractivity contribution in [1.29, 1.82) is 0 Å². The molecule has 2 fully saturated rings. The van der Waals surface area contributed by atoms with Gasteiger partial charge in [0.05, 0.1) is 31.4 Å². The molecule has 0 radical (unpaired) electrons. The van der Waals surface area contributed by atoms with E-state index in [9.17, 15) is 73.5 Å². The summed E-state index contributed by atoms with van der Waals surface area (Å²) in [6, 6.07) is -4.43. The largest absolute Gasteiger partial charge is 0.481 e. The number of rotatable bonds is 21. The fourth-order valence-electron chi connectivity index (χ4n) is 5.64. The van der Waals surface area contributed by atoms with Crippen LogP contribution in [-0.4, -0.2) is 229 Å². The molecule has 1 unspecified atom stereocenters. The second-order valence-electron chi connectivity index (χ2n) is 12.9. The van der Waals surface area contributed by atoms with Crippen LogP contribution in [0.1, 0.15) is 19.3 Å². The number of amides is 5. The predicted octanol–water partition coefficient (Wildman–Crippen LogP) is -4.49. The molecule has 2 rings (SSSR count). The van der Waals surface area contributed by atoms with Crippen molar-refractivity contribution in [2.45, 2.75) is 36.6 Å². The summed E-state index contributed by atoms with van der Waals surface area (Å²) in [6.45, 7) is 0.00835. The molecule has 0 aliphatic carbocycles. The van der Waals surface area contributed by atoms with Crippen LogP contribution in [0.25, 0.3) is 0 Å². The third-order valence-electron chi connectivity index (χ3n) is 8.55. The Balaban J connectivity index is 1.95. The van der Waals surface area contributed by atoms with Gasteiger partial charge in [-0.2, -0.15) is 0 Å². The Labute approximate surface area is 324 Å². The minimum absolute atomic E-state index is 0.149. The number of carboxylic acids is 6. The van der Waals surface area contributed by atoms with Gasteiger partial charge in [0.1, 0.15) is 12.1 Å². The number of likely N-dealkylation sites (tertiary alicyclic amines) is 1. The minimum Gasteiger partial charge on any atom is -0.481 e. The Hall–Kier alpha value is -5.11. The van der Waals surface area contributed by atoms with E-state index in [1.54, 1.807) is 19.6 Å². The van der Waals surface area contributed by atoms with Gasteiger partial charge in [-0.25, -0.2) is 14.4 Å². The van der Waals surface area contributed by atoms with E-state index in [0.717, 1.165) is 16.7 Å². The third-order valence-corrected chi connectivity index (χ3v) is 9.85. The zero-order chi connectivity index (χ0) is 41.9. The lowest BCUT2D eigenvalue weighted by Gasteiger charge is -2.32. The van der Waals surface area contributed by atoms with Gasteiger partial charge in [0.15, 0.2) is 0 Å². The van der Waals surface area contributed by atoms with E-state index in [0.29, 0.717) is 0 Å². The molecule has 9 N–H and O–H groups in total. The highest BCUT2D eigenvalue weighted by molar-refractivity contribution is 8.00. The average Bonchev–Trinajstić information content (AvgIpc) is 3.36. The number of aliphatic carboxylic acids is 6. The number of nitrogens with one attached hydrogen (secondary N) is 3. The van der Waals surface area contributed by atoms with E-state index in [-0.39, 0.29) is 98.0 Å². The molecule has 2 saturated heterocycles. The summed E-state index contributed by atoms with van der Waals surface area (Å²) in [5.41, 5.74) is 0. The topological polar surface area (TPSA) is 344 Å². The van der Waals surface area contributed by atoms with Crippen molar-refractivity contribution in [1.82, 2.24) is 40.4 Å². The van der Waals surface area contributed by atoms with E-state index < -0.39 is 95.5 Å². The van der Waals surface area contributed by atoms with Crippen LogP contribution in [0.4, 0.5) is 4.79 Å². The third kappa shape index (κ3) is 18.0. The summed E-state index contributed by atoms with van der Waals surface area (Å²) >= 11 is 0.767. The molecule has 0 aromatic heterocycles. The Kier molecular flexibility index (Phi) is 19.9. The molecule has 25 heteroatoms. The Morgan fingerprint density at radius 3 is 1.46 bits per heavy atom. The van der Waals surface area contributed by atoms with Crippen LogP contribution < -0.4 is 16.0 Å². The van der Waals surface area contributed by atoms with Gasteiger partial charge in [0.2, 0.25) is 17.7 Å². The number of hydrogen-bond donors (Lipinski definition) is 9. The van der Waals surface area contributed by atoms with Gasteiger partial charge in [0.25, 0.3) is 0 Å². The number of imide groups is 1. The lowest BCUT2D eigenvalue weighted by Crippen LogP contribution is -2.52. The number of nitrogens with zero attached hydrogens (tertiary/aromatic N) is 5. The average molecular weight is 821 g/mol. The van der Waals surface area contributed by atoms with Gasteiger partial charge >= 0.3 is 41.8 Å². The number of hydrogen-bond acceptors (Lipinski definition) is 15. The molecule has 3 atom stereocenters. The van der Waals surface area contributed by atoms with Crippen LogP contribution in [0.5, 0.6) is 0 Å². The number of thioether (sulfide) groups is 1. The van der Waals surface area contributed by atoms with Gasteiger partial charge in [-0.05, 0) is 6.42 Å². The maximum Gasteiger partial charge on any atom is 0.327 e. The Bertz CT molecular complexity index is 1440. The molecule has 0 aromatic carbocycles. The highest BCUT2D eigenvalue weighted by Gasteiger charge is 2.39. The molecular formula is C31H48N8O16S. The summed E-state index contributed by atoms with van der Waals surface area (Å²) in [5, 5.41) is 61.3. The van der Waals surface area contributed by atoms with Crippen molar-refractivity contribution in [2.75, 3.05) is 97.4 Å². The van der Waals surface area contributed by atoms with E-state index in [2.05, 4.69) is 10.6 Å². The van der Waals surface area contributed by atoms with Crippen molar-refractivity contribution in [3.63, 3.8) is 0 Å². The van der Waals surface area contributed by atoms with Crippen LogP contribution >= 0.6 is 11.8 Å². The molecule has 0 spiro atoms. The van der Waals surface area contributed by atoms with Crippen LogP contribution in [0.15, 0.2) is 0 Å². The van der Waals surface area contributed by atoms with Crippen molar-refractivity contribution in [3.05, 3.63) is 0 Å². The molecule has 2 aliphatic rings. The van der Waals surface area contributed by atoms with Crippen molar-refractivity contribution in [2.24, 2.45) is 0 Å². The van der Waals surface area contributed by atoms with Crippen LogP contribution in [0.3, 0.4) is 0 Å². The van der Waals surface area contributed by atoms with E-state index in [1.807, 2.05) is 5.32 Å². The quantitative estimate of drug-likeness (QED) is 0.0493. The summed E-state index contributed by atoms with van der Waals surface area (Å²) in [7, 11) is 0. The SMILES string of the molecule is O=C(O)CC[C@H](NC(=O)N[C@@H](CSC1CC(=O)N(CCNC(=O)CN2CCN(CC(=O)O)CCN(CC(=O)O)CCN(CC(=O)O)CC2)C1=O)C(=O)O)C(=O)O. The first kappa shape index (κ1) is 47.0. The number of carbonyl (C=O) groups excluding carboxylic acids is 4. The lowest BCUT2D eigenvalue weighted by molar-refractivity contribution is -0.141. The molecule has 2 aliphatic heterocycles. The monoisotopic (exact) mass is 820 g/mol. The van der Waals surface area contributed by atoms with Gasteiger partial charge in [0, 0.05) is 84.0 Å². The zero-order valence-corrected chi connectivity index (χ0v) is 31.2. The van der Waals surface area contributed by atoms with Crippen molar-refractivity contribution < 1.29 is 78.6 Å². The maximum atomic E-state index is 13.0. The number of carbonyl (C=O) groups is 10. The second-order valence-corrected chi connectivity index (χ2v) is 14.1. The summed E-state index contributed by atoms with van der Waals surface area (Å²) in [5.74, 6) is -9.82. The van der Waals surface area contributed by atoms with Crippen LogP contribution in [-0.2, 0) is 43.2 Å². The lowest BCUT2D eigenvalue weighted by atomic mass is 10.1. The highest BCUT2D eigenvalue weighted by atomic mass is 32.2. The van der Waals surface area contributed by atoms with Crippen LogP contribution in [0.2, 0.25) is 0 Å². The van der Waals surface area contributed by atoms with Gasteiger partial charge in [-0.1, -0.05) is 0 Å². The first-order chi connectivity index (χ1) is 26.3. The fraction of sp³-hybridized carbons (Fsp3) is 0.677. The summed E-state index contributed by atoms with van der Waals surface area (Å²) in [6.07, 6.45) is -1.33. The highest BCUT2D eigenvalue weighted by Crippen LogP contribution is 2.25.